The maximum atomic E-state index is 13.2. The number of nitrogens with zero attached hydrogens (tertiary/aromatic N) is 2. The summed E-state index contributed by atoms with van der Waals surface area (Å²) in [6.45, 7) is 5.13. The Balaban J connectivity index is 1.88. The molecule has 0 atom stereocenters. The first kappa shape index (κ1) is 18.6. The second-order valence-electron chi connectivity index (χ2n) is 6.21. The third-order valence-electron chi connectivity index (χ3n) is 4.36. The van der Waals surface area contributed by atoms with Crippen molar-refractivity contribution in [2.24, 2.45) is 0 Å². The lowest BCUT2D eigenvalue weighted by atomic mass is 10.1. The van der Waals surface area contributed by atoms with Crippen LogP contribution in [0.2, 0.25) is 0 Å². The number of rotatable bonds is 7. The average Bonchev–Trinajstić information content (AvgIpc) is 2.73. The van der Waals surface area contributed by atoms with E-state index in [0.29, 0.717) is 24.5 Å². The molecule has 0 aliphatic rings. The Bertz CT molecular complexity index is 859. The number of benzene rings is 2. The molecular formula is C23H24N2O2. The molecule has 0 N–H and O–H groups in total. The fourth-order valence-electron chi connectivity index (χ4n) is 2.85. The molecule has 138 valence electrons. The van der Waals surface area contributed by atoms with Crippen LogP contribution in [-0.2, 0) is 13.0 Å². The standard InChI is InChI=1S/C23H24N2O2/c1-3-18-8-10-19(11-9-18)17-25(22-7-5-6-16-24-22)23(26)20-12-14-21(15-13-20)27-4-2/h5-16H,3-4,17H2,1-2H3. The van der Waals surface area contributed by atoms with Crippen LogP contribution in [0.25, 0.3) is 0 Å². The van der Waals surface area contributed by atoms with Gasteiger partial charge in [0.25, 0.3) is 5.91 Å². The Kier molecular flexibility index (Phi) is 6.21. The Morgan fingerprint density at radius 2 is 1.63 bits per heavy atom. The molecule has 0 bridgehead atoms. The molecule has 0 saturated heterocycles. The Morgan fingerprint density at radius 1 is 0.926 bits per heavy atom. The molecule has 3 rings (SSSR count). The summed E-state index contributed by atoms with van der Waals surface area (Å²) in [5.74, 6) is 1.31. The second-order valence-corrected chi connectivity index (χ2v) is 6.21. The zero-order valence-corrected chi connectivity index (χ0v) is 15.8. The highest BCUT2D eigenvalue weighted by molar-refractivity contribution is 6.05. The molecule has 1 amide bonds. The van der Waals surface area contributed by atoms with Crippen molar-refractivity contribution >= 4 is 11.7 Å². The van der Waals surface area contributed by atoms with Crippen molar-refractivity contribution in [3.63, 3.8) is 0 Å². The SMILES string of the molecule is CCOc1ccc(C(=O)N(Cc2ccc(CC)cc2)c2ccccn2)cc1. The molecule has 0 unspecified atom stereocenters. The van der Waals surface area contributed by atoms with E-state index in [2.05, 4.69) is 36.2 Å². The minimum atomic E-state index is -0.0867. The molecule has 1 aromatic heterocycles. The first-order valence-electron chi connectivity index (χ1n) is 9.24. The molecule has 0 fully saturated rings. The van der Waals surface area contributed by atoms with Gasteiger partial charge in [0, 0.05) is 11.8 Å². The summed E-state index contributed by atoms with van der Waals surface area (Å²) >= 11 is 0. The highest BCUT2D eigenvalue weighted by Gasteiger charge is 2.19. The molecule has 2 aromatic carbocycles. The van der Waals surface area contributed by atoms with Gasteiger partial charge in [0.1, 0.15) is 11.6 Å². The number of ether oxygens (including phenoxy) is 1. The van der Waals surface area contributed by atoms with Crippen LogP contribution in [0.5, 0.6) is 5.75 Å². The summed E-state index contributed by atoms with van der Waals surface area (Å²) in [7, 11) is 0. The largest absolute Gasteiger partial charge is 0.494 e. The minimum Gasteiger partial charge on any atom is -0.494 e. The zero-order valence-electron chi connectivity index (χ0n) is 15.8. The maximum absolute atomic E-state index is 13.2. The van der Waals surface area contributed by atoms with Gasteiger partial charge in [-0.25, -0.2) is 4.98 Å². The summed E-state index contributed by atoms with van der Waals surface area (Å²) in [4.78, 5) is 19.3. The number of anilines is 1. The number of aryl methyl sites for hydroxylation is 1. The van der Waals surface area contributed by atoms with Crippen LogP contribution < -0.4 is 9.64 Å². The van der Waals surface area contributed by atoms with E-state index >= 15 is 0 Å². The number of amides is 1. The topological polar surface area (TPSA) is 42.4 Å². The highest BCUT2D eigenvalue weighted by atomic mass is 16.5. The van der Waals surface area contributed by atoms with E-state index in [1.165, 1.54) is 5.56 Å². The Hall–Kier alpha value is -3.14. The van der Waals surface area contributed by atoms with Gasteiger partial charge in [-0.3, -0.25) is 9.69 Å². The van der Waals surface area contributed by atoms with Crippen molar-refractivity contribution in [1.82, 2.24) is 4.98 Å². The number of hydrogen-bond acceptors (Lipinski definition) is 3. The molecule has 0 spiro atoms. The van der Waals surface area contributed by atoms with Crippen molar-refractivity contribution in [3.05, 3.63) is 89.6 Å². The molecular weight excluding hydrogens is 336 g/mol. The van der Waals surface area contributed by atoms with Crippen molar-refractivity contribution in [1.29, 1.82) is 0 Å². The van der Waals surface area contributed by atoms with Crippen LogP contribution in [0.1, 0.15) is 35.3 Å². The van der Waals surface area contributed by atoms with Crippen LogP contribution in [0.3, 0.4) is 0 Å². The monoisotopic (exact) mass is 360 g/mol. The minimum absolute atomic E-state index is 0.0867. The quantitative estimate of drug-likeness (QED) is 0.602. The van der Waals surface area contributed by atoms with E-state index in [9.17, 15) is 4.79 Å². The third-order valence-corrected chi connectivity index (χ3v) is 4.36. The summed E-state index contributed by atoms with van der Waals surface area (Å²) < 4.78 is 5.47. The Labute approximate surface area is 160 Å². The smallest absolute Gasteiger partial charge is 0.259 e. The van der Waals surface area contributed by atoms with E-state index in [1.54, 1.807) is 23.2 Å². The van der Waals surface area contributed by atoms with E-state index in [1.807, 2.05) is 37.3 Å². The summed E-state index contributed by atoms with van der Waals surface area (Å²) in [6.07, 6.45) is 2.70. The van der Waals surface area contributed by atoms with Crippen LogP contribution in [0.4, 0.5) is 5.82 Å². The molecule has 0 radical (unpaired) electrons. The van der Waals surface area contributed by atoms with Gasteiger partial charge >= 0.3 is 0 Å². The van der Waals surface area contributed by atoms with Gasteiger partial charge in [-0.15, -0.1) is 0 Å². The van der Waals surface area contributed by atoms with Crippen LogP contribution in [0, 0.1) is 0 Å². The van der Waals surface area contributed by atoms with Gasteiger partial charge in [-0.05, 0) is 60.9 Å². The fourth-order valence-corrected chi connectivity index (χ4v) is 2.85. The summed E-state index contributed by atoms with van der Waals surface area (Å²) in [6, 6.07) is 21.2. The molecule has 4 heteroatoms. The van der Waals surface area contributed by atoms with Gasteiger partial charge in [0.15, 0.2) is 0 Å². The molecule has 4 nitrogen and oxygen atoms in total. The summed E-state index contributed by atoms with van der Waals surface area (Å²) in [5, 5.41) is 0. The number of carbonyl (C=O) groups excluding carboxylic acids is 1. The lowest BCUT2D eigenvalue weighted by molar-refractivity contribution is 0.0984. The van der Waals surface area contributed by atoms with Crippen LogP contribution in [0.15, 0.2) is 72.9 Å². The average molecular weight is 360 g/mol. The van der Waals surface area contributed by atoms with Crippen molar-refractivity contribution in [2.75, 3.05) is 11.5 Å². The van der Waals surface area contributed by atoms with Gasteiger partial charge in [-0.1, -0.05) is 37.3 Å². The summed E-state index contributed by atoms with van der Waals surface area (Å²) in [5.41, 5.74) is 2.95. The third kappa shape index (κ3) is 4.73. The lowest BCUT2D eigenvalue weighted by Gasteiger charge is -2.22. The highest BCUT2D eigenvalue weighted by Crippen LogP contribution is 2.20. The van der Waals surface area contributed by atoms with Gasteiger partial charge in [0.05, 0.1) is 13.2 Å². The Morgan fingerprint density at radius 3 is 2.22 bits per heavy atom. The predicted molar refractivity (Wildman–Crippen MR) is 108 cm³/mol. The van der Waals surface area contributed by atoms with Crippen LogP contribution >= 0.6 is 0 Å². The second kappa shape index (κ2) is 8.99. The van der Waals surface area contributed by atoms with Gasteiger partial charge in [-0.2, -0.15) is 0 Å². The molecule has 0 aliphatic carbocycles. The predicted octanol–water partition coefficient (Wildman–Crippen LogP) is 4.89. The number of aromatic nitrogens is 1. The van der Waals surface area contributed by atoms with E-state index in [-0.39, 0.29) is 5.91 Å². The molecule has 3 aromatic rings. The van der Waals surface area contributed by atoms with E-state index in [0.717, 1.165) is 17.7 Å². The van der Waals surface area contributed by atoms with E-state index in [4.69, 9.17) is 4.74 Å². The molecule has 1 heterocycles. The van der Waals surface area contributed by atoms with Crippen molar-refractivity contribution < 1.29 is 9.53 Å². The number of pyridine rings is 1. The number of hydrogen-bond donors (Lipinski definition) is 0. The maximum Gasteiger partial charge on any atom is 0.259 e. The van der Waals surface area contributed by atoms with Crippen LogP contribution in [-0.4, -0.2) is 17.5 Å². The normalized spacial score (nSPS) is 10.4. The van der Waals surface area contributed by atoms with Crippen molar-refractivity contribution in [3.8, 4) is 5.75 Å². The molecule has 27 heavy (non-hydrogen) atoms. The van der Waals surface area contributed by atoms with Gasteiger partial charge in [0.2, 0.25) is 0 Å². The van der Waals surface area contributed by atoms with Crippen molar-refractivity contribution in [2.45, 2.75) is 26.8 Å². The fraction of sp³-hybridized carbons (Fsp3) is 0.217. The number of carbonyl (C=O) groups is 1. The first-order valence-corrected chi connectivity index (χ1v) is 9.24. The molecule has 0 saturated carbocycles. The lowest BCUT2D eigenvalue weighted by Crippen LogP contribution is -2.31. The van der Waals surface area contributed by atoms with Gasteiger partial charge < -0.3 is 4.74 Å². The zero-order chi connectivity index (χ0) is 19.1. The van der Waals surface area contributed by atoms with E-state index < -0.39 is 0 Å². The molecule has 0 aliphatic heterocycles. The first-order chi connectivity index (χ1) is 13.2.